The van der Waals surface area contributed by atoms with Crippen LogP contribution in [0.15, 0.2) is 48.7 Å². The quantitative estimate of drug-likeness (QED) is 0.518. The van der Waals surface area contributed by atoms with Gasteiger partial charge in [0.1, 0.15) is 11.9 Å². The van der Waals surface area contributed by atoms with Crippen molar-refractivity contribution >= 4 is 16.8 Å². The summed E-state index contributed by atoms with van der Waals surface area (Å²) in [4.78, 5) is 27.0. The Hall–Kier alpha value is -3.11. The highest BCUT2D eigenvalue weighted by Gasteiger charge is 2.43. The average molecular weight is 515 g/mol. The molecule has 9 heteroatoms. The first-order valence-corrected chi connectivity index (χ1v) is 13.9. The van der Waals surface area contributed by atoms with Gasteiger partial charge in [-0.05, 0) is 61.9 Å². The molecule has 2 bridgehead atoms. The van der Waals surface area contributed by atoms with Gasteiger partial charge < -0.3 is 14.4 Å². The summed E-state index contributed by atoms with van der Waals surface area (Å²) in [6, 6.07) is 15.3. The van der Waals surface area contributed by atoms with Gasteiger partial charge in [0.2, 0.25) is 5.88 Å². The third-order valence-corrected chi connectivity index (χ3v) is 8.43. The van der Waals surface area contributed by atoms with E-state index in [1.165, 1.54) is 0 Å². The number of amides is 1. The number of hydrogen-bond acceptors (Lipinski definition) is 8. The Morgan fingerprint density at radius 3 is 2.68 bits per heavy atom. The van der Waals surface area contributed by atoms with Crippen molar-refractivity contribution in [1.82, 2.24) is 30.6 Å². The van der Waals surface area contributed by atoms with E-state index in [1.807, 2.05) is 30.5 Å². The summed E-state index contributed by atoms with van der Waals surface area (Å²) in [6.45, 7) is 4.09. The Bertz CT molecular complexity index is 1290. The van der Waals surface area contributed by atoms with Crippen LogP contribution >= 0.6 is 0 Å². The van der Waals surface area contributed by atoms with Crippen LogP contribution in [0.4, 0.5) is 0 Å². The molecule has 2 N–H and O–H groups in total. The lowest BCUT2D eigenvalue weighted by Crippen LogP contribution is -2.56. The number of carbonyl (C=O) groups excluding carboxylic acids is 1. The van der Waals surface area contributed by atoms with Gasteiger partial charge >= 0.3 is 0 Å². The fraction of sp³-hybridized carbons (Fsp3) is 0.483. The largest absolute Gasteiger partial charge is 0.439 e. The van der Waals surface area contributed by atoms with E-state index in [0.29, 0.717) is 30.6 Å². The first-order valence-electron chi connectivity index (χ1n) is 13.9. The molecule has 0 aliphatic carbocycles. The highest BCUT2D eigenvalue weighted by atomic mass is 16.5. The van der Waals surface area contributed by atoms with Crippen LogP contribution in [0.3, 0.4) is 0 Å². The van der Waals surface area contributed by atoms with Crippen molar-refractivity contribution in [2.75, 3.05) is 26.2 Å². The number of ether oxygens (including phenoxy) is 2. The number of nitrogens with zero attached hydrogens (tertiary/aromatic N) is 4. The molecule has 4 fully saturated rings. The van der Waals surface area contributed by atoms with Crippen LogP contribution < -0.4 is 15.6 Å². The number of carbonyl (C=O) groups is 1. The molecule has 7 rings (SSSR count). The van der Waals surface area contributed by atoms with Crippen molar-refractivity contribution in [2.45, 2.75) is 62.9 Å². The molecule has 1 amide bonds. The third kappa shape index (κ3) is 4.75. The van der Waals surface area contributed by atoms with Crippen LogP contribution in [0.2, 0.25) is 0 Å². The number of benzene rings is 1. The number of hydrogen-bond donors (Lipinski definition) is 2. The van der Waals surface area contributed by atoms with Gasteiger partial charge in [-0.3, -0.25) is 25.5 Å². The number of rotatable bonds is 6. The maximum absolute atomic E-state index is 12.9. The topological polar surface area (TPSA) is 91.9 Å². The Morgan fingerprint density at radius 1 is 1.05 bits per heavy atom. The molecule has 4 saturated heterocycles. The molecule has 0 spiro atoms. The van der Waals surface area contributed by atoms with Gasteiger partial charge in [0.25, 0.3) is 5.91 Å². The van der Waals surface area contributed by atoms with Crippen LogP contribution in [-0.4, -0.2) is 70.1 Å². The van der Waals surface area contributed by atoms with Crippen molar-refractivity contribution in [3.63, 3.8) is 0 Å². The van der Waals surface area contributed by atoms with Crippen molar-refractivity contribution in [1.29, 1.82) is 0 Å². The summed E-state index contributed by atoms with van der Waals surface area (Å²) in [5, 5.41) is 1.04. The number of hydrazine groups is 1. The van der Waals surface area contributed by atoms with E-state index in [0.717, 1.165) is 86.2 Å². The zero-order valence-corrected chi connectivity index (χ0v) is 21.5. The lowest BCUT2D eigenvalue weighted by Gasteiger charge is -2.41. The minimum Gasteiger partial charge on any atom is -0.439 e. The van der Waals surface area contributed by atoms with E-state index in [1.54, 1.807) is 0 Å². The van der Waals surface area contributed by atoms with Gasteiger partial charge in [-0.25, -0.2) is 4.98 Å². The monoisotopic (exact) mass is 514 g/mol. The van der Waals surface area contributed by atoms with E-state index in [-0.39, 0.29) is 12.0 Å². The summed E-state index contributed by atoms with van der Waals surface area (Å²) >= 11 is 0. The van der Waals surface area contributed by atoms with Crippen LogP contribution in [0, 0.1) is 0 Å². The minimum atomic E-state index is -0.223. The van der Waals surface area contributed by atoms with E-state index < -0.39 is 0 Å². The zero-order valence-electron chi connectivity index (χ0n) is 21.5. The summed E-state index contributed by atoms with van der Waals surface area (Å²) in [5.74, 6) is 1.52. The van der Waals surface area contributed by atoms with E-state index in [9.17, 15) is 4.79 Å². The molecular formula is C29H34N6O3. The van der Waals surface area contributed by atoms with E-state index in [4.69, 9.17) is 14.5 Å². The normalized spacial score (nSPS) is 27.3. The maximum atomic E-state index is 12.9. The molecule has 4 aliphatic heterocycles. The van der Waals surface area contributed by atoms with Crippen LogP contribution in [0.1, 0.15) is 49.4 Å². The molecule has 3 aromatic rings. The Morgan fingerprint density at radius 2 is 1.95 bits per heavy atom. The second kappa shape index (κ2) is 10.2. The third-order valence-electron chi connectivity index (χ3n) is 8.43. The van der Waals surface area contributed by atoms with E-state index in [2.05, 4.69) is 43.8 Å². The molecule has 38 heavy (non-hydrogen) atoms. The molecule has 0 saturated carbocycles. The van der Waals surface area contributed by atoms with Gasteiger partial charge in [-0.2, -0.15) is 0 Å². The predicted octanol–water partition coefficient (Wildman–Crippen LogP) is 3.32. The average Bonchev–Trinajstić information content (AvgIpc) is 3.71. The van der Waals surface area contributed by atoms with Gasteiger partial charge in [0.05, 0.1) is 11.2 Å². The second-order valence-corrected chi connectivity index (χ2v) is 10.9. The van der Waals surface area contributed by atoms with Gasteiger partial charge in [0.15, 0.2) is 0 Å². The molecule has 0 radical (unpaired) electrons. The molecule has 198 valence electrons. The molecule has 4 aliphatic rings. The summed E-state index contributed by atoms with van der Waals surface area (Å²) in [7, 11) is 0. The summed E-state index contributed by atoms with van der Waals surface area (Å²) in [6.07, 6.45) is 6.83. The molecule has 6 heterocycles. The smallest absolute Gasteiger partial charge is 0.251 e. The maximum Gasteiger partial charge on any atom is 0.251 e. The summed E-state index contributed by atoms with van der Waals surface area (Å²) < 4.78 is 11.7. The van der Waals surface area contributed by atoms with Gasteiger partial charge in [-0.15, -0.1) is 0 Å². The van der Waals surface area contributed by atoms with Gasteiger partial charge in [-0.1, -0.05) is 12.1 Å². The molecular weight excluding hydrogens is 480 g/mol. The van der Waals surface area contributed by atoms with Crippen molar-refractivity contribution in [3.05, 3.63) is 59.9 Å². The Kier molecular flexibility index (Phi) is 6.45. The predicted molar refractivity (Wildman–Crippen MR) is 142 cm³/mol. The standard InChI is InChI=1S/C29H34N6O3/c36-29(27-2-1-13-37-27)34-17-22-6-7-23(18-34)35(22)16-21-5-3-19-14-24(8-9-25(19)32-21)38-28-10-4-20(15-30-28)26-11-12-31-33-26/h3-5,8-10,14-15,22-23,26-27,31,33H,1-2,6-7,11-13,16-18H2/t22?,23?,26?,27-/m1/s1. The number of piperazine rings is 1. The number of fused-ring (bicyclic) bond motifs is 3. The molecule has 1 aromatic carbocycles. The molecule has 2 aromatic heterocycles. The number of pyridine rings is 2. The fourth-order valence-electron chi connectivity index (χ4n) is 6.40. The number of likely N-dealkylation sites (tertiary alicyclic amines) is 1. The first-order chi connectivity index (χ1) is 18.7. The van der Waals surface area contributed by atoms with Crippen molar-refractivity contribution in [3.8, 4) is 11.6 Å². The zero-order chi connectivity index (χ0) is 25.5. The highest BCUT2D eigenvalue weighted by molar-refractivity contribution is 5.81. The second-order valence-electron chi connectivity index (χ2n) is 10.9. The summed E-state index contributed by atoms with van der Waals surface area (Å²) in [5.41, 5.74) is 9.59. The molecule has 3 unspecified atom stereocenters. The molecule has 9 nitrogen and oxygen atoms in total. The first kappa shape index (κ1) is 24.0. The van der Waals surface area contributed by atoms with Crippen LogP contribution in [0.5, 0.6) is 11.6 Å². The van der Waals surface area contributed by atoms with Gasteiger partial charge in [0, 0.05) is 68.6 Å². The Labute approximate surface area is 222 Å². The number of nitrogens with one attached hydrogen (secondary N) is 2. The lowest BCUT2D eigenvalue weighted by atomic mass is 10.1. The highest BCUT2D eigenvalue weighted by Crippen LogP contribution is 2.33. The molecule has 4 atom stereocenters. The lowest BCUT2D eigenvalue weighted by molar-refractivity contribution is -0.144. The minimum absolute atomic E-state index is 0.190. The van der Waals surface area contributed by atoms with Crippen LogP contribution in [-0.2, 0) is 16.1 Å². The fourth-order valence-corrected chi connectivity index (χ4v) is 6.40. The SMILES string of the molecule is O=C([C@H]1CCCO1)N1CC2CCC(C1)N2Cc1ccc2cc(Oc3ccc(C4CCNN4)cn3)ccc2n1. The van der Waals surface area contributed by atoms with Crippen molar-refractivity contribution < 1.29 is 14.3 Å². The van der Waals surface area contributed by atoms with Crippen LogP contribution in [0.25, 0.3) is 10.9 Å². The van der Waals surface area contributed by atoms with E-state index >= 15 is 0 Å². The number of aromatic nitrogens is 2. The van der Waals surface area contributed by atoms with Crippen molar-refractivity contribution in [2.24, 2.45) is 0 Å². The Balaban J connectivity index is 0.999.